The normalized spacial score (nSPS) is 20.2. The third-order valence-corrected chi connectivity index (χ3v) is 4.18. The van der Waals surface area contributed by atoms with Crippen LogP contribution in [0.15, 0.2) is 28.9 Å². The predicted octanol–water partition coefficient (Wildman–Crippen LogP) is 1.32. The van der Waals surface area contributed by atoms with Crippen molar-refractivity contribution in [3.05, 3.63) is 24.5 Å². The van der Waals surface area contributed by atoms with Crippen molar-refractivity contribution in [1.82, 2.24) is 20.4 Å². The largest absolute Gasteiger partial charge is 0.463 e. The van der Waals surface area contributed by atoms with E-state index in [0.29, 0.717) is 23.7 Å². The van der Waals surface area contributed by atoms with Crippen molar-refractivity contribution in [1.29, 1.82) is 0 Å². The van der Waals surface area contributed by atoms with E-state index in [1.807, 2.05) is 13.8 Å². The standard InChI is InChI=1S/C17H23N5O4/c1-10(2)11-8-15(23)20-17(18-11)22-14(19-16(24)9-25-3)7-12(21-22)13-5-4-6-26-13/h4-7,10-11,17-18H,8-9H2,1-3H3,(H,19,24)(H,20,23). The SMILES string of the molecule is COCC(=O)Nc1cc(-c2ccco2)nn1C1NC(=O)CC(C(C)C)N1. The quantitative estimate of drug-likeness (QED) is 0.716. The number of carbonyl (C=O) groups is 2. The molecule has 2 aromatic rings. The highest BCUT2D eigenvalue weighted by Crippen LogP contribution is 2.25. The van der Waals surface area contributed by atoms with Gasteiger partial charge in [0.2, 0.25) is 5.91 Å². The van der Waals surface area contributed by atoms with Crippen molar-refractivity contribution in [3.63, 3.8) is 0 Å². The molecule has 2 unspecified atom stereocenters. The lowest BCUT2D eigenvalue weighted by atomic mass is 9.99. The van der Waals surface area contributed by atoms with E-state index in [-0.39, 0.29) is 30.4 Å². The Morgan fingerprint density at radius 1 is 1.54 bits per heavy atom. The number of hydrogen-bond donors (Lipinski definition) is 3. The van der Waals surface area contributed by atoms with E-state index in [9.17, 15) is 9.59 Å². The minimum absolute atomic E-state index is 0.00698. The highest BCUT2D eigenvalue weighted by atomic mass is 16.5. The summed E-state index contributed by atoms with van der Waals surface area (Å²) in [6, 6.07) is 5.23. The van der Waals surface area contributed by atoms with Crippen LogP contribution < -0.4 is 16.0 Å². The lowest BCUT2D eigenvalue weighted by molar-refractivity contribution is -0.126. The van der Waals surface area contributed by atoms with E-state index in [1.54, 1.807) is 24.5 Å². The minimum Gasteiger partial charge on any atom is -0.463 e. The summed E-state index contributed by atoms with van der Waals surface area (Å²) in [6.07, 6.45) is 1.36. The number of aromatic nitrogens is 2. The number of ether oxygens (including phenoxy) is 1. The molecule has 0 bridgehead atoms. The Morgan fingerprint density at radius 2 is 2.35 bits per heavy atom. The third kappa shape index (κ3) is 3.94. The van der Waals surface area contributed by atoms with E-state index >= 15 is 0 Å². The van der Waals surface area contributed by atoms with Gasteiger partial charge in [0.05, 0.1) is 6.26 Å². The predicted molar refractivity (Wildman–Crippen MR) is 94.0 cm³/mol. The van der Waals surface area contributed by atoms with Crippen molar-refractivity contribution in [3.8, 4) is 11.5 Å². The highest BCUT2D eigenvalue weighted by molar-refractivity contribution is 5.91. The number of amides is 2. The molecule has 1 fully saturated rings. The Morgan fingerprint density at radius 3 is 3.00 bits per heavy atom. The number of nitrogens with zero attached hydrogens (tertiary/aromatic N) is 2. The molecule has 0 aliphatic carbocycles. The van der Waals surface area contributed by atoms with E-state index in [2.05, 4.69) is 21.0 Å². The van der Waals surface area contributed by atoms with Gasteiger partial charge >= 0.3 is 0 Å². The van der Waals surface area contributed by atoms with Crippen LogP contribution in [-0.2, 0) is 14.3 Å². The lowest BCUT2D eigenvalue weighted by Gasteiger charge is -2.34. The molecular formula is C17H23N5O4. The van der Waals surface area contributed by atoms with Gasteiger partial charge in [-0.1, -0.05) is 13.8 Å². The summed E-state index contributed by atoms with van der Waals surface area (Å²) < 4.78 is 11.8. The van der Waals surface area contributed by atoms with Crippen LogP contribution in [0.4, 0.5) is 5.82 Å². The van der Waals surface area contributed by atoms with Crippen LogP contribution in [0.5, 0.6) is 0 Å². The van der Waals surface area contributed by atoms with Crippen molar-refractivity contribution in [2.45, 2.75) is 32.6 Å². The van der Waals surface area contributed by atoms with Gasteiger partial charge in [-0.2, -0.15) is 5.10 Å². The van der Waals surface area contributed by atoms with Crippen LogP contribution in [0.2, 0.25) is 0 Å². The Labute approximate surface area is 151 Å². The number of anilines is 1. The van der Waals surface area contributed by atoms with Crippen molar-refractivity contribution < 1.29 is 18.7 Å². The summed E-state index contributed by atoms with van der Waals surface area (Å²) in [4.78, 5) is 24.1. The van der Waals surface area contributed by atoms with Crippen molar-refractivity contribution in [2.75, 3.05) is 19.0 Å². The fourth-order valence-corrected chi connectivity index (χ4v) is 2.81. The Hall–Kier alpha value is -2.65. The second-order valence-corrected chi connectivity index (χ2v) is 6.51. The molecule has 0 aromatic carbocycles. The molecule has 2 amide bonds. The molecule has 0 radical (unpaired) electrons. The van der Waals surface area contributed by atoms with E-state index < -0.39 is 6.29 Å². The van der Waals surface area contributed by atoms with Crippen LogP contribution in [0.3, 0.4) is 0 Å². The van der Waals surface area contributed by atoms with Crippen molar-refractivity contribution >= 4 is 17.6 Å². The molecule has 9 nitrogen and oxygen atoms in total. The van der Waals surface area contributed by atoms with Gasteiger partial charge in [0.25, 0.3) is 5.91 Å². The molecule has 2 aromatic heterocycles. The van der Waals surface area contributed by atoms with Gasteiger partial charge in [0.1, 0.15) is 18.1 Å². The molecule has 1 aliphatic heterocycles. The van der Waals surface area contributed by atoms with Crippen molar-refractivity contribution in [2.24, 2.45) is 5.92 Å². The zero-order chi connectivity index (χ0) is 18.7. The molecule has 3 N–H and O–H groups in total. The molecule has 3 rings (SSSR count). The topological polar surface area (TPSA) is 110 Å². The average molecular weight is 361 g/mol. The van der Waals surface area contributed by atoms with Crippen LogP contribution in [-0.4, -0.2) is 41.4 Å². The van der Waals surface area contributed by atoms with Gasteiger partial charge in [0.15, 0.2) is 12.0 Å². The molecule has 9 heteroatoms. The molecule has 26 heavy (non-hydrogen) atoms. The summed E-state index contributed by atoms with van der Waals surface area (Å²) in [5.41, 5.74) is 0.547. The van der Waals surface area contributed by atoms with E-state index in [0.717, 1.165) is 0 Å². The van der Waals surface area contributed by atoms with E-state index in [4.69, 9.17) is 9.15 Å². The second-order valence-electron chi connectivity index (χ2n) is 6.51. The number of hydrogen-bond acceptors (Lipinski definition) is 6. The Bertz CT molecular complexity index is 768. The maximum absolute atomic E-state index is 12.1. The smallest absolute Gasteiger partial charge is 0.251 e. The first-order valence-corrected chi connectivity index (χ1v) is 8.45. The molecule has 1 saturated heterocycles. The van der Waals surface area contributed by atoms with Crippen LogP contribution in [0, 0.1) is 5.92 Å². The third-order valence-electron chi connectivity index (χ3n) is 4.18. The van der Waals surface area contributed by atoms with Gasteiger partial charge < -0.3 is 19.8 Å². The fourth-order valence-electron chi connectivity index (χ4n) is 2.81. The first-order valence-electron chi connectivity index (χ1n) is 8.45. The molecule has 0 saturated carbocycles. The summed E-state index contributed by atoms with van der Waals surface area (Å²) in [7, 11) is 1.45. The summed E-state index contributed by atoms with van der Waals surface area (Å²) in [6.45, 7) is 4.01. The number of rotatable bonds is 6. The molecule has 140 valence electrons. The summed E-state index contributed by atoms with van der Waals surface area (Å²) in [5, 5.41) is 13.5. The van der Waals surface area contributed by atoms with Crippen LogP contribution in [0.1, 0.15) is 26.6 Å². The van der Waals surface area contributed by atoms with Crippen LogP contribution >= 0.6 is 0 Å². The maximum atomic E-state index is 12.1. The highest BCUT2D eigenvalue weighted by Gasteiger charge is 2.31. The molecule has 3 heterocycles. The Balaban J connectivity index is 1.92. The van der Waals surface area contributed by atoms with Gasteiger partial charge in [-0.3, -0.25) is 14.9 Å². The number of carbonyl (C=O) groups excluding carboxylic acids is 2. The molecule has 0 spiro atoms. The Kier molecular flexibility index (Phi) is 5.38. The zero-order valence-corrected chi connectivity index (χ0v) is 15.0. The molecular weight excluding hydrogens is 338 g/mol. The summed E-state index contributed by atoms with van der Waals surface area (Å²) >= 11 is 0. The zero-order valence-electron chi connectivity index (χ0n) is 15.0. The summed E-state index contributed by atoms with van der Waals surface area (Å²) in [5.74, 6) is 0.878. The van der Waals surface area contributed by atoms with Gasteiger partial charge in [-0.25, -0.2) is 4.68 Å². The van der Waals surface area contributed by atoms with E-state index in [1.165, 1.54) is 11.8 Å². The van der Waals surface area contributed by atoms with Gasteiger partial charge in [-0.15, -0.1) is 0 Å². The molecule has 1 aliphatic rings. The van der Waals surface area contributed by atoms with Gasteiger partial charge in [-0.05, 0) is 18.1 Å². The lowest BCUT2D eigenvalue weighted by Crippen LogP contribution is -2.55. The second kappa shape index (κ2) is 7.71. The van der Waals surface area contributed by atoms with Crippen LogP contribution in [0.25, 0.3) is 11.5 Å². The first-order chi connectivity index (χ1) is 12.5. The van der Waals surface area contributed by atoms with Gasteiger partial charge in [0, 0.05) is 25.6 Å². The monoisotopic (exact) mass is 361 g/mol. The number of nitrogens with one attached hydrogen (secondary N) is 3. The number of furan rings is 1. The minimum atomic E-state index is -0.579. The number of methoxy groups -OCH3 is 1. The first kappa shape index (κ1) is 18.2. The molecule has 2 atom stereocenters. The average Bonchev–Trinajstić information content (AvgIpc) is 3.23. The fraction of sp³-hybridized carbons (Fsp3) is 0.471. The maximum Gasteiger partial charge on any atom is 0.251 e.